The molecule has 8 heteroatoms. The van der Waals surface area contributed by atoms with Gasteiger partial charge in [-0.3, -0.25) is 0 Å². The number of nitrogens with zero attached hydrogens (tertiary/aromatic N) is 3. The highest BCUT2D eigenvalue weighted by Crippen LogP contribution is 2.35. The van der Waals surface area contributed by atoms with E-state index in [4.69, 9.17) is 19.9 Å². The van der Waals surface area contributed by atoms with Crippen molar-refractivity contribution in [2.24, 2.45) is 0 Å². The molecule has 150 valence electrons. The van der Waals surface area contributed by atoms with Crippen molar-refractivity contribution in [3.05, 3.63) is 23.9 Å². The number of hydrogen-bond donors (Lipinski definition) is 1. The fourth-order valence-corrected chi connectivity index (χ4v) is 3.33. The molecule has 2 N–H and O–H groups in total. The standard InChI is InChI=1S/C20H26N4O4/c1-26-14-10-13(11-15(12-14)27-2)16-19(24-8-6-4-5-7-9-24)23-18(21)17(22-16)20(25)28-3/h10-12H,4-9H2,1-3H3,(H2,21,23). The molecule has 0 atom stereocenters. The van der Waals surface area contributed by atoms with Crippen molar-refractivity contribution >= 4 is 17.6 Å². The van der Waals surface area contributed by atoms with Crippen molar-refractivity contribution in [1.29, 1.82) is 0 Å². The average Bonchev–Trinajstić information content (AvgIpc) is 3.02. The molecule has 0 saturated carbocycles. The van der Waals surface area contributed by atoms with Gasteiger partial charge < -0.3 is 24.8 Å². The monoisotopic (exact) mass is 386 g/mol. The molecule has 0 unspecified atom stereocenters. The summed E-state index contributed by atoms with van der Waals surface area (Å²) >= 11 is 0. The van der Waals surface area contributed by atoms with Gasteiger partial charge in [-0.2, -0.15) is 0 Å². The second kappa shape index (κ2) is 8.77. The number of rotatable bonds is 5. The van der Waals surface area contributed by atoms with E-state index in [0.29, 0.717) is 23.0 Å². The first-order chi connectivity index (χ1) is 13.6. The predicted molar refractivity (Wildman–Crippen MR) is 107 cm³/mol. The molecule has 3 rings (SSSR count). The van der Waals surface area contributed by atoms with Crippen LogP contribution in [0.25, 0.3) is 11.3 Å². The second-order valence-electron chi connectivity index (χ2n) is 6.62. The number of nitrogen functional groups attached to an aromatic ring is 1. The molecule has 0 bridgehead atoms. The third kappa shape index (κ3) is 4.11. The third-order valence-corrected chi connectivity index (χ3v) is 4.81. The van der Waals surface area contributed by atoms with Crippen molar-refractivity contribution < 1.29 is 19.0 Å². The molecule has 0 aliphatic carbocycles. The maximum absolute atomic E-state index is 12.1. The van der Waals surface area contributed by atoms with E-state index in [1.54, 1.807) is 20.3 Å². The van der Waals surface area contributed by atoms with E-state index >= 15 is 0 Å². The van der Waals surface area contributed by atoms with E-state index < -0.39 is 5.97 Å². The summed E-state index contributed by atoms with van der Waals surface area (Å²) in [7, 11) is 4.46. The maximum Gasteiger partial charge on any atom is 0.360 e. The Morgan fingerprint density at radius 1 is 0.964 bits per heavy atom. The number of benzene rings is 1. The van der Waals surface area contributed by atoms with E-state index in [-0.39, 0.29) is 11.5 Å². The van der Waals surface area contributed by atoms with E-state index in [1.807, 2.05) is 12.1 Å². The molecule has 1 aliphatic heterocycles. The Bertz CT molecular complexity index is 826. The Morgan fingerprint density at radius 3 is 2.11 bits per heavy atom. The molecule has 2 aromatic rings. The van der Waals surface area contributed by atoms with Crippen LogP contribution in [0.2, 0.25) is 0 Å². The normalized spacial score (nSPS) is 14.3. The summed E-state index contributed by atoms with van der Waals surface area (Å²) in [6.45, 7) is 1.72. The zero-order chi connectivity index (χ0) is 20.1. The summed E-state index contributed by atoms with van der Waals surface area (Å²) < 4.78 is 15.6. The Balaban J connectivity index is 2.19. The number of esters is 1. The van der Waals surface area contributed by atoms with Crippen LogP contribution in [0.3, 0.4) is 0 Å². The SMILES string of the molecule is COC(=O)c1nc(-c2cc(OC)cc(OC)c2)c(N2CCCCCC2)nc1N. The van der Waals surface area contributed by atoms with Crippen LogP contribution in [0.15, 0.2) is 18.2 Å². The lowest BCUT2D eigenvalue weighted by Gasteiger charge is -2.24. The average molecular weight is 386 g/mol. The number of ether oxygens (including phenoxy) is 3. The fraction of sp³-hybridized carbons (Fsp3) is 0.450. The number of methoxy groups -OCH3 is 3. The molecule has 1 fully saturated rings. The van der Waals surface area contributed by atoms with Crippen LogP contribution >= 0.6 is 0 Å². The van der Waals surface area contributed by atoms with Gasteiger partial charge in [0.15, 0.2) is 17.3 Å². The molecule has 1 aromatic carbocycles. The Morgan fingerprint density at radius 2 is 1.57 bits per heavy atom. The van der Waals surface area contributed by atoms with Crippen LogP contribution in [0.1, 0.15) is 36.2 Å². The number of carbonyl (C=O) groups excluding carboxylic acids is 1. The van der Waals surface area contributed by atoms with Crippen molar-refractivity contribution in [3.8, 4) is 22.8 Å². The van der Waals surface area contributed by atoms with Gasteiger partial charge in [0.1, 0.15) is 17.2 Å². The molecule has 28 heavy (non-hydrogen) atoms. The van der Waals surface area contributed by atoms with Gasteiger partial charge in [-0.05, 0) is 25.0 Å². The van der Waals surface area contributed by atoms with Crippen molar-refractivity contribution in [2.45, 2.75) is 25.7 Å². The van der Waals surface area contributed by atoms with E-state index in [0.717, 1.165) is 31.5 Å². The van der Waals surface area contributed by atoms with Gasteiger partial charge in [-0.25, -0.2) is 14.8 Å². The smallest absolute Gasteiger partial charge is 0.360 e. The van der Waals surface area contributed by atoms with Gasteiger partial charge in [-0.1, -0.05) is 12.8 Å². The highest BCUT2D eigenvalue weighted by Gasteiger charge is 2.24. The summed E-state index contributed by atoms with van der Waals surface area (Å²) in [5.41, 5.74) is 7.33. The zero-order valence-electron chi connectivity index (χ0n) is 16.5. The number of anilines is 2. The number of carbonyl (C=O) groups is 1. The molecule has 1 aromatic heterocycles. The molecular weight excluding hydrogens is 360 g/mol. The summed E-state index contributed by atoms with van der Waals surface area (Å²) in [4.78, 5) is 23.4. The first kappa shape index (κ1) is 19.7. The molecule has 0 spiro atoms. The fourth-order valence-electron chi connectivity index (χ4n) is 3.33. The largest absolute Gasteiger partial charge is 0.497 e. The van der Waals surface area contributed by atoms with Crippen LogP contribution < -0.4 is 20.1 Å². The van der Waals surface area contributed by atoms with Crippen molar-refractivity contribution in [2.75, 3.05) is 45.1 Å². The zero-order valence-corrected chi connectivity index (χ0v) is 16.5. The van der Waals surface area contributed by atoms with Gasteiger partial charge >= 0.3 is 5.97 Å². The predicted octanol–water partition coefficient (Wildman–Crippen LogP) is 2.91. The maximum atomic E-state index is 12.1. The minimum atomic E-state index is -0.622. The van der Waals surface area contributed by atoms with Crippen LogP contribution in [0.4, 0.5) is 11.6 Å². The summed E-state index contributed by atoms with van der Waals surface area (Å²) in [6.07, 6.45) is 4.51. The first-order valence-corrected chi connectivity index (χ1v) is 9.31. The van der Waals surface area contributed by atoms with Crippen LogP contribution in [-0.4, -0.2) is 50.4 Å². The summed E-state index contributed by atoms with van der Waals surface area (Å²) in [6, 6.07) is 5.46. The van der Waals surface area contributed by atoms with E-state index in [9.17, 15) is 4.79 Å². The lowest BCUT2D eigenvalue weighted by Crippen LogP contribution is -2.27. The van der Waals surface area contributed by atoms with Crippen molar-refractivity contribution in [1.82, 2.24) is 9.97 Å². The molecular formula is C20H26N4O4. The van der Waals surface area contributed by atoms with E-state index in [2.05, 4.69) is 14.9 Å². The van der Waals surface area contributed by atoms with Gasteiger partial charge in [0, 0.05) is 24.7 Å². The van der Waals surface area contributed by atoms with E-state index in [1.165, 1.54) is 20.0 Å². The summed E-state index contributed by atoms with van der Waals surface area (Å²) in [5, 5.41) is 0. The molecule has 1 aliphatic rings. The molecule has 2 heterocycles. The van der Waals surface area contributed by atoms with Gasteiger partial charge in [0.2, 0.25) is 0 Å². The lowest BCUT2D eigenvalue weighted by atomic mass is 10.1. The van der Waals surface area contributed by atoms with Crippen LogP contribution in [-0.2, 0) is 4.74 Å². The third-order valence-electron chi connectivity index (χ3n) is 4.81. The highest BCUT2D eigenvalue weighted by atomic mass is 16.5. The minimum absolute atomic E-state index is 0.00198. The number of aromatic nitrogens is 2. The Labute approximate surface area is 164 Å². The quantitative estimate of drug-likeness (QED) is 0.783. The van der Waals surface area contributed by atoms with Gasteiger partial charge in [0.25, 0.3) is 0 Å². The highest BCUT2D eigenvalue weighted by molar-refractivity contribution is 5.93. The second-order valence-corrected chi connectivity index (χ2v) is 6.62. The van der Waals surface area contributed by atoms with Gasteiger partial charge in [0.05, 0.1) is 21.3 Å². The topological polar surface area (TPSA) is 99.8 Å². The lowest BCUT2D eigenvalue weighted by molar-refractivity contribution is 0.0595. The number of nitrogens with two attached hydrogens (primary N) is 1. The minimum Gasteiger partial charge on any atom is -0.497 e. The molecule has 1 saturated heterocycles. The van der Waals surface area contributed by atoms with Crippen molar-refractivity contribution in [3.63, 3.8) is 0 Å². The molecule has 0 radical (unpaired) electrons. The number of hydrogen-bond acceptors (Lipinski definition) is 8. The Kier molecular flexibility index (Phi) is 6.18. The molecule has 0 amide bonds. The first-order valence-electron chi connectivity index (χ1n) is 9.31. The molecule has 8 nitrogen and oxygen atoms in total. The Hall–Kier alpha value is -3.03. The van der Waals surface area contributed by atoms with Crippen LogP contribution in [0, 0.1) is 0 Å². The van der Waals surface area contributed by atoms with Crippen LogP contribution in [0.5, 0.6) is 11.5 Å². The van der Waals surface area contributed by atoms with Gasteiger partial charge in [-0.15, -0.1) is 0 Å². The summed E-state index contributed by atoms with van der Waals surface area (Å²) in [5.74, 6) is 1.33.